The summed E-state index contributed by atoms with van der Waals surface area (Å²) in [4.78, 5) is 15.1. The number of fused-ring (bicyclic) bond motifs is 1. The van der Waals surface area contributed by atoms with Gasteiger partial charge in [0.15, 0.2) is 0 Å². The molecule has 2 aromatic rings. The van der Waals surface area contributed by atoms with E-state index in [1.54, 1.807) is 7.11 Å². The topological polar surface area (TPSA) is 54.7 Å². The van der Waals surface area contributed by atoms with E-state index in [9.17, 15) is 9.90 Å². The van der Waals surface area contributed by atoms with Crippen molar-refractivity contribution < 1.29 is 14.6 Å². The second-order valence-electron chi connectivity index (χ2n) is 7.01. The van der Waals surface area contributed by atoms with E-state index in [0.29, 0.717) is 19.1 Å². The fraction of sp³-hybridized carbons (Fsp3) is 0.550. The molecule has 1 aromatic heterocycles. The first-order valence-corrected chi connectivity index (χ1v) is 9.11. The summed E-state index contributed by atoms with van der Waals surface area (Å²) in [6.07, 6.45) is 3.91. The van der Waals surface area contributed by atoms with Crippen molar-refractivity contribution >= 4 is 16.8 Å². The van der Waals surface area contributed by atoms with E-state index in [-0.39, 0.29) is 18.6 Å². The zero-order valence-electron chi connectivity index (χ0n) is 15.1. The van der Waals surface area contributed by atoms with Gasteiger partial charge in [-0.1, -0.05) is 18.2 Å². The van der Waals surface area contributed by atoms with Gasteiger partial charge in [0.05, 0.1) is 6.61 Å². The molecule has 1 heterocycles. The molecule has 0 atom stereocenters. The van der Waals surface area contributed by atoms with Crippen molar-refractivity contribution in [2.24, 2.45) is 5.92 Å². The maximum atomic E-state index is 13.2. The van der Waals surface area contributed by atoms with Gasteiger partial charge in [-0.05, 0) is 43.7 Å². The van der Waals surface area contributed by atoms with E-state index in [0.717, 1.165) is 42.3 Å². The zero-order valence-corrected chi connectivity index (χ0v) is 15.1. The molecule has 1 fully saturated rings. The Morgan fingerprint density at radius 2 is 2.00 bits per heavy atom. The highest BCUT2D eigenvalue weighted by Gasteiger charge is 2.28. The van der Waals surface area contributed by atoms with Crippen LogP contribution in [0.3, 0.4) is 0 Å². The van der Waals surface area contributed by atoms with Gasteiger partial charge in [0.25, 0.3) is 5.91 Å². The van der Waals surface area contributed by atoms with Crippen LogP contribution in [0.15, 0.2) is 30.3 Å². The average molecular weight is 344 g/mol. The summed E-state index contributed by atoms with van der Waals surface area (Å²) < 4.78 is 7.30. The molecule has 0 unspecified atom stereocenters. The second-order valence-corrected chi connectivity index (χ2v) is 7.01. The van der Waals surface area contributed by atoms with Crippen LogP contribution in [-0.4, -0.2) is 53.9 Å². The standard InChI is InChI=1S/C20H28N2O3/c1-21(17-9-7-15(14-23)8-10-17)20(24)19-13-16-5-3-4-6-18(16)22(19)11-12-25-2/h3-6,13,15,17,23H,7-12,14H2,1-2H3. The highest BCUT2D eigenvalue weighted by atomic mass is 16.5. The molecule has 25 heavy (non-hydrogen) atoms. The van der Waals surface area contributed by atoms with Crippen LogP contribution in [-0.2, 0) is 11.3 Å². The first-order chi connectivity index (χ1) is 12.2. The molecule has 5 heteroatoms. The zero-order chi connectivity index (χ0) is 17.8. The van der Waals surface area contributed by atoms with Gasteiger partial charge in [-0.15, -0.1) is 0 Å². The Morgan fingerprint density at radius 3 is 2.68 bits per heavy atom. The fourth-order valence-electron chi connectivity index (χ4n) is 3.87. The maximum Gasteiger partial charge on any atom is 0.270 e. The van der Waals surface area contributed by atoms with E-state index < -0.39 is 0 Å². The molecule has 3 rings (SSSR count). The minimum absolute atomic E-state index is 0.0692. The van der Waals surface area contributed by atoms with Crippen LogP contribution in [0.2, 0.25) is 0 Å². The van der Waals surface area contributed by atoms with Crippen molar-refractivity contribution in [2.75, 3.05) is 27.4 Å². The van der Waals surface area contributed by atoms with Crippen molar-refractivity contribution in [1.29, 1.82) is 0 Å². The summed E-state index contributed by atoms with van der Waals surface area (Å²) in [7, 11) is 3.59. The third-order valence-electron chi connectivity index (χ3n) is 5.49. The molecule has 0 bridgehead atoms. The minimum atomic E-state index is 0.0692. The van der Waals surface area contributed by atoms with Gasteiger partial charge in [-0.25, -0.2) is 0 Å². The van der Waals surface area contributed by atoms with Gasteiger partial charge in [0.2, 0.25) is 0 Å². The molecular weight excluding hydrogens is 316 g/mol. The SMILES string of the molecule is COCCn1c(C(=O)N(C)C2CCC(CO)CC2)cc2ccccc21. The summed E-state index contributed by atoms with van der Waals surface area (Å²) >= 11 is 0. The summed E-state index contributed by atoms with van der Waals surface area (Å²) in [5.74, 6) is 0.465. The number of ether oxygens (including phenoxy) is 1. The van der Waals surface area contributed by atoms with E-state index in [1.807, 2.05) is 42.3 Å². The molecule has 0 radical (unpaired) electrons. The normalized spacial score (nSPS) is 20.8. The van der Waals surface area contributed by atoms with Crippen molar-refractivity contribution in [3.05, 3.63) is 36.0 Å². The van der Waals surface area contributed by atoms with Crippen LogP contribution >= 0.6 is 0 Å². The number of methoxy groups -OCH3 is 1. The largest absolute Gasteiger partial charge is 0.396 e. The molecule has 1 aliphatic rings. The molecule has 1 aliphatic carbocycles. The lowest BCUT2D eigenvalue weighted by atomic mass is 9.86. The number of hydrogen-bond acceptors (Lipinski definition) is 3. The van der Waals surface area contributed by atoms with Crippen molar-refractivity contribution in [1.82, 2.24) is 9.47 Å². The molecule has 1 N–H and O–H groups in total. The van der Waals surface area contributed by atoms with E-state index in [1.165, 1.54) is 0 Å². The fourth-order valence-corrected chi connectivity index (χ4v) is 3.87. The molecule has 0 saturated heterocycles. The lowest BCUT2D eigenvalue weighted by molar-refractivity contribution is 0.0641. The number of aliphatic hydroxyl groups is 1. The lowest BCUT2D eigenvalue weighted by Gasteiger charge is -2.34. The molecule has 136 valence electrons. The Morgan fingerprint density at radius 1 is 1.28 bits per heavy atom. The van der Waals surface area contributed by atoms with E-state index in [4.69, 9.17) is 4.74 Å². The second kappa shape index (κ2) is 8.02. The van der Waals surface area contributed by atoms with Gasteiger partial charge in [-0.2, -0.15) is 0 Å². The Labute approximate surface area is 149 Å². The number of aliphatic hydroxyl groups excluding tert-OH is 1. The third-order valence-corrected chi connectivity index (χ3v) is 5.49. The molecule has 1 saturated carbocycles. The molecule has 1 amide bonds. The van der Waals surface area contributed by atoms with Crippen LogP contribution in [0.5, 0.6) is 0 Å². The monoisotopic (exact) mass is 344 g/mol. The number of benzene rings is 1. The molecule has 0 aliphatic heterocycles. The Hall–Kier alpha value is -1.85. The number of nitrogens with zero attached hydrogens (tertiary/aromatic N) is 2. The summed E-state index contributed by atoms with van der Waals surface area (Å²) in [5.41, 5.74) is 1.80. The quantitative estimate of drug-likeness (QED) is 0.877. The predicted molar refractivity (Wildman–Crippen MR) is 98.7 cm³/mol. The van der Waals surface area contributed by atoms with Crippen LogP contribution in [0.25, 0.3) is 10.9 Å². The first-order valence-electron chi connectivity index (χ1n) is 9.11. The molecular formula is C20H28N2O3. The van der Waals surface area contributed by atoms with Crippen molar-refractivity contribution in [3.63, 3.8) is 0 Å². The smallest absolute Gasteiger partial charge is 0.270 e. The number of amides is 1. The van der Waals surface area contributed by atoms with Gasteiger partial charge < -0.3 is 19.3 Å². The Kier molecular flexibility index (Phi) is 5.76. The summed E-state index contributed by atoms with van der Waals surface area (Å²) in [5, 5.41) is 10.4. The summed E-state index contributed by atoms with van der Waals surface area (Å²) in [6.45, 7) is 1.50. The molecule has 5 nitrogen and oxygen atoms in total. The Bertz CT molecular complexity index is 717. The number of hydrogen-bond donors (Lipinski definition) is 1. The number of rotatable bonds is 6. The maximum absolute atomic E-state index is 13.2. The number of para-hydroxylation sites is 1. The van der Waals surface area contributed by atoms with Crippen molar-refractivity contribution in [3.8, 4) is 0 Å². The minimum Gasteiger partial charge on any atom is -0.396 e. The van der Waals surface area contributed by atoms with E-state index in [2.05, 4.69) is 4.57 Å². The van der Waals surface area contributed by atoms with Gasteiger partial charge in [-0.3, -0.25) is 4.79 Å². The first kappa shape index (κ1) is 18.0. The Balaban J connectivity index is 1.83. The average Bonchev–Trinajstić information content (AvgIpc) is 3.03. The van der Waals surface area contributed by atoms with Gasteiger partial charge in [0.1, 0.15) is 5.69 Å². The summed E-state index contributed by atoms with van der Waals surface area (Å²) in [6, 6.07) is 10.3. The van der Waals surface area contributed by atoms with Crippen LogP contribution in [0.4, 0.5) is 0 Å². The predicted octanol–water partition coefficient (Wildman–Crippen LogP) is 2.91. The highest BCUT2D eigenvalue weighted by molar-refractivity contribution is 5.98. The number of aromatic nitrogens is 1. The number of carbonyl (C=O) groups is 1. The highest BCUT2D eigenvalue weighted by Crippen LogP contribution is 2.28. The van der Waals surface area contributed by atoms with Gasteiger partial charge in [0, 0.05) is 44.3 Å². The molecule has 1 aromatic carbocycles. The van der Waals surface area contributed by atoms with Gasteiger partial charge >= 0.3 is 0 Å². The lowest BCUT2D eigenvalue weighted by Crippen LogP contribution is -2.40. The molecule has 0 spiro atoms. The van der Waals surface area contributed by atoms with Crippen LogP contribution in [0.1, 0.15) is 36.2 Å². The third kappa shape index (κ3) is 3.72. The van der Waals surface area contributed by atoms with E-state index >= 15 is 0 Å². The van der Waals surface area contributed by atoms with Crippen LogP contribution < -0.4 is 0 Å². The number of carbonyl (C=O) groups excluding carboxylic acids is 1. The van der Waals surface area contributed by atoms with Crippen molar-refractivity contribution in [2.45, 2.75) is 38.3 Å². The van der Waals surface area contributed by atoms with Crippen LogP contribution in [0, 0.1) is 5.92 Å².